The Morgan fingerprint density at radius 3 is 2.83 bits per heavy atom. The van der Waals surface area contributed by atoms with E-state index in [0.29, 0.717) is 23.9 Å². The van der Waals surface area contributed by atoms with E-state index in [4.69, 9.17) is 5.11 Å². The Morgan fingerprint density at radius 2 is 2.17 bits per heavy atom. The van der Waals surface area contributed by atoms with E-state index in [1.165, 1.54) is 0 Å². The Balaban J connectivity index is 1.93. The van der Waals surface area contributed by atoms with E-state index in [9.17, 15) is 9.59 Å². The normalized spacial score (nSPS) is 16.4. The number of aromatic nitrogens is 2. The van der Waals surface area contributed by atoms with Gasteiger partial charge in [-0.3, -0.25) is 9.89 Å². The third kappa shape index (κ3) is 1.54. The Labute approximate surface area is 102 Å². The third-order valence-electron chi connectivity index (χ3n) is 3.23. The quantitative estimate of drug-likeness (QED) is 0.749. The van der Waals surface area contributed by atoms with Crippen LogP contribution in [0.2, 0.25) is 0 Å². The van der Waals surface area contributed by atoms with E-state index < -0.39 is 11.5 Å². The maximum absolute atomic E-state index is 12.1. The first-order chi connectivity index (χ1) is 8.62. The van der Waals surface area contributed by atoms with Crippen LogP contribution in [-0.2, 0) is 4.79 Å². The Hall–Kier alpha value is -2.37. The van der Waals surface area contributed by atoms with Crippen molar-refractivity contribution < 1.29 is 14.7 Å². The number of rotatable bonds is 3. The second-order valence-electron chi connectivity index (χ2n) is 4.48. The summed E-state index contributed by atoms with van der Waals surface area (Å²) in [7, 11) is 0. The number of aliphatic carboxylic acids is 1. The lowest BCUT2D eigenvalue weighted by molar-refractivity contribution is -0.140. The number of aromatic amines is 1. The largest absolute Gasteiger partial charge is 0.480 e. The maximum atomic E-state index is 12.1. The second-order valence-corrected chi connectivity index (χ2v) is 4.48. The number of carbonyl (C=O) groups excluding carboxylic acids is 1. The van der Waals surface area contributed by atoms with Gasteiger partial charge in [0, 0.05) is 5.39 Å². The van der Waals surface area contributed by atoms with Gasteiger partial charge in [-0.25, -0.2) is 4.79 Å². The number of carbonyl (C=O) groups is 2. The molecule has 0 unspecified atom stereocenters. The first-order valence-corrected chi connectivity index (χ1v) is 5.60. The molecule has 0 saturated heterocycles. The van der Waals surface area contributed by atoms with Crippen LogP contribution in [0.25, 0.3) is 10.9 Å². The van der Waals surface area contributed by atoms with Gasteiger partial charge in [0.05, 0.1) is 17.3 Å². The number of nitrogens with one attached hydrogen (secondary N) is 2. The number of nitrogens with zero attached hydrogens (tertiary/aromatic N) is 1. The summed E-state index contributed by atoms with van der Waals surface area (Å²) >= 11 is 0. The highest BCUT2D eigenvalue weighted by atomic mass is 16.4. The Kier molecular flexibility index (Phi) is 2.13. The predicted octanol–water partition coefficient (Wildman–Crippen LogP) is 0.910. The minimum atomic E-state index is -1.07. The zero-order chi connectivity index (χ0) is 12.8. The zero-order valence-corrected chi connectivity index (χ0v) is 9.43. The topological polar surface area (TPSA) is 95.1 Å². The van der Waals surface area contributed by atoms with Crippen LogP contribution in [0.15, 0.2) is 24.4 Å². The number of fused-ring (bicyclic) bond motifs is 1. The standard InChI is InChI=1S/C12H11N3O3/c16-10(14-12(4-5-12)11(17)18)8-3-1-2-7-6-13-15-9(7)8/h1-3,6H,4-5H2,(H,13,15)(H,14,16)(H,17,18). The zero-order valence-electron chi connectivity index (χ0n) is 9.43. The number of carboxylic acid groups (broad SMARTS) is 1. The van der Waals surface area contributed by atoms with Crippen LogP contribution >= 0.6 is 0 Å². The molecule has 1 saturated carbocycles. The fourth-order valence-corrected chi connectivity index (χ4v) is 1.96. The summed E-state index contributed by atoms with van der Waals surface area (Å²) in [6.07, 6.45) is 2.58. The summed E-state index contributed by atoms with van der Waals surface area (Å²) in [5, 5.41) is 19.1. The molecule has 1 aromatic carbocycles. The van der Waals surface area contributed by atoms with Crippen molar-refractivity contribution >= 4 is 22.8 Å². The van der Waals surface area contributed by atoms with Gasteiger partial charge in [-0.1, -0.05) is 12.1 Å². The minimum Gasteiger partial charge on any atom is -0.480 e. The number of amides is 1. The van der Waals surface area contributed by atoms with Crippen LogP contribution in [0.5, 0.6) is 0 Å². The maximum Gasteiger partial charge on any atom is 0.329 e. The van der Waals surface area contributed by atoms with Crippen molar-refractivity contribution in [2.75, 3.05) is 0 Å². The third-order valence-corrected chi connectivity index (χ3v) is 3.23. The summed E-state index contributed by atoms with van der Waals surface area (Å²) in [4.78, 5) is 23.1. The van der Waals surface area contributed by atoms with Crippen LogP contribution in [0.1, 0.15) is 23.2 Å². The first kappa shape index (κ1) is 10.8. The van der Waals surface area contributed by atoms with Gasteiger partial charge in [0.25, 0.3) is 5.91 Å². The fraction of sp³-hybridized carbons (Fsp3) is 0.250. The van der Waals surface area contributed by atoms with Gasteiger partial charge < -0.3 is 10.4 Å². The van der Waals surface area contributed by atoms with E-state index in [0.717, 1.165) is 5.39 Å². The fourth-order valence-electron chi connectivity index (χ4n) is 1.96. The van der Waals surface area contributed by atoms with Crippen molar-refractivity contribution in [2.24, 2.45) is 0 Å². The van der Waals surface area contributed by atoms with Crippen molar-refractivity contribution in [1.82, 2.24) is 15.5 Å². The number of hydrogen-bond donors (Lipinski definition) is 3. The van der Waals surface area contributed by atoms with Gasteiger partial charge in [0.2, 0.25) is 0 Å². The number of para-hydroxylation sites is 1. The molecule has 1 fully saturated rings. The van der Waals surface area contributed by atoms with Crippen LogP contribution in [0, 0.1) is 0 Å². The van der Waals surface area contributed by atoms with E-state index in [1.807, 2.05) is 6.07 Å². The number of benzene rings is 1. The highest BCUT2D eigenvalue weighted by Crippen LogP contribution is 2.36. The molecule has 0 atom stereocenters. The van der Waals surface area contributed by atoms with Crippen molar-refractivity contribution in [3.8, 4) is 0 Å². The highest BCUT2D eigenvalue weighted by molar-refractivity contribution is 6.07. The molecule has 1 amide bonds. The Morgan fingerprint density at radius 1 is 1.39 bits per heavy atom. The monoisotopic (exact) mass is 245 g/mol. The lowest BCUT2D eigenvalue weighted by atomic mass is 10.1. The molecule has 3 N–H and O–H groups in total. The summed E-state index contributed by atoms with van der Waals surface area (Å²) in [6, 6.07) is 5.22. The number of H-pyrrole nitrogens is 1. The van der Waals surface area contributed by atoms with Gasteiger partial charge in [0.15, 0.2) is 0 Å². The molecule has 1 aliphatic rings. The summed E-state index contributed by atoms with van der Waals surface area (Å²) in [6.45, 7) is 0. The molecule has 92 valence electrons. The summed E-state index contributed by atoms with van der Waals surface area (Å²) in [5.74, 6) is -1.36. The molecule has 6 heteroatoms. The van der Waals surface area contributed by atoms with E-state index in [-0.39, 0.29) is 5.91 Å². The molecule has 3 rings (SSSR count). The van der Waals surface area contributed by atoms with Crippen LogP contribution in [0.4, 0.5) is 0 Å². The van der Waals surface area contributed by atoms with E-state index in [1.54, 1.807) is 18.3 Å². The lowest BCUT2D eigenvalue weighted by Gasteiger charge is -2.12. The van der Waals surface area contributed by atoms with E-state index >= 15 is 0 Å². The van der Waals surface area contributed by atoms with Crippen molar-refractivity contribution in [1.29, 1.82) is 0 Å². The van der Waals surface area contributed by atoms with Crippen molar-refractivity contribution in [3.05, 3.63) is 30.0 Å². The van der Waals surface area contributed by atoms with Gasteiger partial charge in [-0.15, -0.1) is 0 Å². The molecule has 0 spiro atoms. The summed E-state index contributed by atoms with van der Waals surface area (Å²) < 4.78 is 0. The van der Waals surface area contributed by atoms with E-state index in [2.05, 4.69) is 15.5 Å². The summed E-state index contributed by atoms with van der Waals surface area (Å²) in [5.41, 5.74) is -0.0343. The van der Waals surface area contributed by atoms with Crippen LogP contribution in [-0.4, -0.2) is 32.7 Å². The molecule has 6 nitrogen and oxygen atoms in total. The molecule has 1 aromatic heterocycles. The predicted molar refractivity (Wildman–Crippen MR) is 63.2 cm³/mol. The average Bonchev–Trinajstić information content (AvgIpc) is 2.97. The molecular formula is C12H11N3O3. The SMILES string of the molecule is O=C(NC1(C(=O)O)CC1)c1cccc2cn[nH]c12. The molecule has 18 heavy (non-hydrogen) atoms. The first-order valence-electron chi connectivity index (χ1n) is 5.60. The Bertz CT molecular complexity index is 643. The van der Waals surface area contributed by atoms with Crippen LogP contribution in [0.3, 0.4) is 0 Å². The molecule has 1 aliphatic carbocycles. The highest BCUT2D eigenvalue weighted by Gasteiger charge is 2.51. The van der Waals surface area contributed by atoms with Crippen molar-refractivity contribution in [3.63, 3.8) is 0 Å². The van der Waals surface area contributed by atoms with Gasteiger partial charge >= 0.3 is 5.97 Å². The smallest absolute Gasteiger partial charge is 0.329 e. The van der Waals surface area contributed by atoms with Gasteiger partial charge in [-0.05, 0) is 18.9 Å². The average molecular weight is 245 g/mol. The second kappa shape index (κ2) is 3.56. The molecule has 0 radical (unpaired) electrons. The number of carboxylic acids is 1. The van der Waals surface area contributed by atoms with Gasteiger partial charge in [-0.2, -0.15) is 5.10 Å². The molecule has 0 bridgehead atoms. The lowest BCUT2D eigenvalue weighted by Crippen LogP contribution is -2.43. The van der Waals surface area contributed by atoms with Crippen LogP contribution < -0.4 is 5.32 Å². The van der Waals surface area contributed by atoms with Gasteiger partial charge in [0.1, 0.15) is 5.54 Å². The number of hydrogen-bond acceptors (Lipinski definition) is 3. The molecule has 1 heterocycles. The molecular weight excluding hydrogens is 234 g/mol. The minimum absolute atomic E-state index is 0.384. The molecule has 0 aliphatic heterocycles. The van der Waals surface area contributed by atoms with Crippen molar-refractivity contribution in [2.45, 2.75) is 18.4 Å². The molecule has 2 aromatic rings.